The number of hydrogen-bond donors (Lipinski definition) is 7. The molecule has 0 aliphatic rings. The maximum atomic E-state index is 13.5. The van der Waals surface area contributed by atoms with Gasteiger partial charge in [0.05, 0.1) is 6.04 Å². The lowest BCUT2D eigenvalue weighted by molar-refractivity contribution is -0.142. The maximum absolute atomic E-state index is 13.5. The van der Waals surface area contributed by atoms with Gasteiger partial charge in [0.15, 0.2) is 0 Å². The summed E-state index contributed by atoms with van der Waals surface area (Å²) in [5.74, 6) is -3.09. The Morgan fingerprint density at radius 3 is 2.20 bits per heavy atom. The van der Waals surface area contributed by atoms with Gasteiger partial charge in [0.25, 0.3) is 0 Å². The lowest BCUT2D eigenvalue weighted by Crippen LogP contribution is -2.59. The van der Waals surface area contributed by atoms with Crippen LogP contribution in [0.5, 0.6) is 0 Å². The Bertz CT molecular complexity index is 1310. The van der Waals surface area contributed by atoms with Gasteiger partial charge in [-0.3, -0.25) is 14.4 Å². The van der Waals surface area contributed by atoms with E-state index in [0.29, 0.717) is 6.42 Å². The van der Waals surface area contributed by atoms with E-state index in [9.17, 15) is 24.3 Å². The van der Waals surface area contributed by atoms with Crippen LogP contribution in [0.1, 0.15) is 31.4 Å². The molecule has 5 unspecified atom stereocenters. The number of hydrogen-bond acceptors (Lipinski definition) is 6. The molecule has 7 N–H and O–H groups in total. The van der Waals surface area contributed by atoms with Gasteiger partial charge in [-0.25, -0.2) is 4.79 Å². The van der Waals surface area contributed by atoms with Crippen molar-refractivity contribution >= 4 is 47.2 Å². The van der Waals surface area contributed by atoms with Crippen molar-refractivity contribution in [1.82, 2.24) is 20.9 Å². The number of carboxylic acid groups (broad SMARTS) is 1. The summed E-state index contributed by atoms with van der Waals surface area (Å²) in [5.41, 5.74) is 8.16. The lowest BCUT2D eigenvalue weighted by atomic mass is 9.96. The standard InChI is InChI=1S/C29H37N5O5S/c1-3-17(2)25(34-26(35)21(30)16-40)28(37)32-23(13-18-9-5-4-6-10-18)27(36)33-24(29(38)39)14-19-15-31-22-12-8-7-11-20(19)22/h4-12,15,17,21,23-25,31,40H,3,13-14,16,30H2,1-2H3,(H,32,37)(H,33,36)(H,34,35)(H,38,39). The topological polar surface area (TPSA) is 166 Å². The van der Waals surface area contributed by atoms with Crippen molar-refractivity contribution in [2.24, 2.45) is 11.7 Å². The zero-order chi connectivity index (χ0) is 29.2. The molecule has 2 aromatic carbocycles. The molecular weight excluding hydrogens is 530 g/mol. The van der Waals surface area contributed by atoms with Gasteiger partial charge >= 0.3 is 5.97 Å². The molecule has 0 bridgehead atoms. The van der Waals surface area contributed by atoms with E-state index in [4.69, 9.17) is 5.73 Å². The molecule has 0 fully saturated rings. The summed E-state index contributed by atoms with van der Waals surface area (Å²) < 4.78 is 0. The number of amides is 3. The second kappa shape index (κ2) is 14.5. The molecule has 0 spiro atoms. The monoisotopic (exact) mass is 567 g/mol. The number of fused-ring (bicyclic) bond motifs is 1. The van der Waals surface area contributed by atoms with E-state index in [1.165, 1.54) is 0 Å². The summed E-state index contributed by atoms with van der Waals surface area (Å²) in [6.07, 6.45) is 2.47. The maximum Gasteiger partial charge on any atom is 0.326 e. The Morgan fingerprint density at radius 1 is 0.900 bits per heavy atom. The van der Waals surface area contributed by atoms with Crippen LogP contribution in [-0.2, 0) is 32.0 Å². The zero-order valence-electron chi connectivity index (χ0n) is 22.6. The highest BCUT2D eigenvalue weighted by atomic mass is 32.1. The Labute approximate surface area is 238 Å². The van der Waals surface area contributed by atoms with Crippen LogP contribution in [0.4, 0.5) is 0 Å². The van der Waals surface area contributed by atoms with E-state index in [2.05, 4.69) is 33.6 Å². The van der Waals surface area contributed by atoms with Crippen LogP contribution in [0.2, 0.25) is 0 Å². The van der Waals surface area contributed by atoms with Crippen LogP contribution in [0.3, 0.4) is 0 Å². The van der Waals surface area contributed by atoms with Gasteiger partial charge in [0.2, 0.25) is 17.7 Å². The molecule has 0 aliphatic carbocycles. The Balaban J connectivity index is 1.83. The highest BCUT2D eigenvalue weighted by molar-refractivity contribution is 7.80. The molecule has 3 amide bonds. The first-order valence-corrected chi connectivity index (χ1v) is 13.9. The van der Waals surface area contributed by atoms with Crippen molar-refractivity contribution in [2.45, 2.75) is 57.3 Å². The Kier molecular flexibility index (Phi) is 11.2. The third kappa shape index (κ3) is 8.09. The van der Waals surface area contributed by atoms with Crippen molar-refractivity contribution in [3.8, 4) is 0 Å². The van der Waals surface area contributed by atoms with E-state index in [0.717, 1.165) is 22.0 Å². The number of aromatic nitrogens is 1. The van der Waals surface area contributed by atoms with Crippen molar-refractivity contribution in [3.63, 3.8) is 0 Å². The van der Waals surface area contributed by atoms with E-state index < -0.39 is 47.9 Å². The third-order valence-corrected chi connectivity index (χ3v) is 7.35. The van der Waals surface area contributed by atoms with Gasteiger partial charge in [-0.2, -0.15) is 12.6 Å². The molecule has 11 heteroatoms. The van der Waals surface area contributed by atoms with Crippen molar-refractivity contribution in [1.29, 1.82) is 0 Å². The summed E-state index contributed by atoms with van der Waals surface area (Å²) in [6, 6.07) is 12.4. The molecule has 0 aliphatic heterocycles. The number of rotatable bonds is 14. The normalized spacial score (nSPS) is 14.9. The molecule has 1 aromatic heterocycles. The predicted octanol–water partition coefficient (Wildman–Crippen LogP) is 1.80. The third-order valence-electron chi connectivity index (χ3n) is 6.96. The molecule has 0 radical (unpaired) electrons. The van der Waals surface area contributed by atoms with Gasteiger partial charge in [-0.05, 0) is 23.1 Å². The van der Waals surface area contributed by atoms with Gasteiger partial charge in [0.1, 0.15) is 18.1 Å². The molecule has 0 saturated heterocycles. The van der Waals surface area contributed by atoms with E-state index in [-0.39, 0.29) is 24.5 Å². The fourth-order valence-electron chi connectivity index (χ4n) is 4.36. The smallest absolute Gasteiger partial charge is 0.326 e. The number of aromatic amines is 1. The van der Waals surface area contributed by atoms with Crippen LogP contribution in [-0.4, -0.2) is 63.7 Å². The number of para-hydroxylation sites is 1. The first kappa shape index (κ1) is 30.7. The quantitative estimate of drug-likeness (QED) is 0.147. The molecule has 5 atom stereocenters. The summed E-state index contributed by atoms with van der Waals surface area (Å²) in [4.78, 5) is 54.7. The number of carboxylic acids is 1. The number of nitrogens with one attached hydrogen (secondary N) is 4. The number of carbonyl (C=O) groups excluding carboxylic acids is 3. The molecule has 0 saturated carbocycles. The van der Waals surface area contributed by atoms with Gasteiger partial charge in [0, 0.05) is 35.7 Å². The van der Waals surface area contributed by atoms with Crippen molar-refractivity contribution in [3.05, 3.63) is 71.9 Å². The average Bonchev–Trinajstić information content (AvgIpc) is 3.37. The second-order valence-electron chi connectivity index (χ2n) is 9.87. The second-order valence-corrected chi connectivity index (χ2v) is 10.2. The van der Waals surface area contributed by atoms with Gasteiger partial charge in [-0.1, -0.05) is 68.8 Å². The van der Waals surface area contributed by atoms with Crippen LogP contribution in [0, 0.1) is 5.92 Å². The average molecular weight is 568 g/mol. The number of benzene rings is 2. The first-order chi connectivity index (χ1) is 19.1. The highest BCUT2D eigenvalue weighted by Gasteiger charge is 2.32. The molecule has 3 rings (SSSR count). The lowest BCUT2D eigenvalue weighted by Gasteiger charge is -2.28. The molecule has 10 nitrogen and oxygen atoms in total. The van der Waals surface area contributed by atoms with Crippen LogP contribution in [0.25, 0.3) is 10.9 Å². The van der Waals surface area contributed by atoms with Crippen LogP contribution < -0.4 is 21.7 Å². The number of nitrogens with two attached hydrogens (primary N) is 1. The van der Waals surface area contributed by atoms with Crippen LogP contribution in [0.15, 0.2) is 60.8 Å². The minimum Gasteiger partial charge on any atom is -0.480 e. The SMILES string of the molecule is CCC(C)C(NC(=O)C(N)CS)C(=O)NC(Cc1ccccc1)C(=O)NC(Cc1c[nH]c2ccccc12)C(=O)O. The number of thiol groups is 1. The molecule has 3 aromatic rings. The van der Waals surface area contributed by atoms with E-state index in [1.54, 1.807) is 6.20 Å². The minimum absolute atomic E-state index is 0.0459. The fraction of sp³-hybridized carbons (Fsp3) is 0.379. The molecule has 1 heterocycles. The van der Waals surface area contributed by atoms with Crippen molar-refractivity contribution < 1.29 is 24.3 Å². The Hall–Kier alpha value is -3.83. The van der Waals surface area contributed by atoms with E-state index >= 15 is 0 Å². The molecule has 214 valence electrons. The fourth-order valence-corrected chi connectivity index (χ4v) is 4.52. The van der Waals surface area contributed by atoms with Gasteiger partial charge in [-0.15, -0.1) is 0 Å². The number of aliphatic carboxylic acids is 1. The summed E-state index contributed by atoms with van der Waals surface area (Å²) in [5, 5.41) is 18.8. The zero-order valence-corrected chi connectivity index (χ0v) is 23.5. The van der Waals surface area contributed by atoms with Gasteiger partial charge < -0.3 is 31.8 Å². The Morgan fingerprint density at radius 2 is 1.55 bits per heavy atom. The number of carbonyl (C=O) groups is 4. The van der Waals surface area contributed by atoms with Crippen molar-refractivity contribution in [2.75, 3.05) is 5.75 Å². The van der Waals surface area contributed by atoms with Crippen LogP contribution >= 0.6 is 12.6 Å². The predicted molar refractivity (Wildman–Crippen MR) is 157 cm³/mol. The molecule has 40 heavy (non-hydrogen) atoms. The highest BCUT2D eigenvalue weighted by Crippen LogP contribution is 2.19. The largest absolute Gasteiger partial charge is 0.480 e. The summed E-state index contributed by atoms with van der Waals surface area (Å²) in [7, 11) is 0. The summed E-state index contributed by atoms with van der Waals surface area (Å²) >= 11 is 4.05. The first-order valence-electron chi connectivity index (χ1n) is 13.2. The number of H-pyrrole nitrogens is 1. The molecular formula is C29H37N5O5S. The van der Waals surface area contributed by atoms with E-state index in [1.807, 2.05) is 68.4 Å². The minimum atomic E-state index is -1.24. The summed E-state index contributed by atoms with van der Waals surface area (Å²) in [6.45, 7) is 3.69.